The lowest BCUT2D eigenvalue weighted by molar-refractivity contribution is 0.0884. The summed E-state index contributed by atoms with van der Waals surface area (Å²) in [7, 11) is 1.75. The number of rotatable bonds is 1. The van der Waals surface area contributed by atoms with Gasteiger partial charge in [-0.3, -0.25) is 4.79 Å². The lowest BCUT2D eigenvalue weighted by Crippen LogP contribution is -2.33. The highest BCUT2D eigenvalue weighted by Crippen LogP contribution is 2.33. The number of hydrogen-bond donors (Lipinski definition) is 2. The van der Waals surface area contributed by atoms with E-state index in [1.165, 1.54) is 0 Å². The number of fused-ring (bicyclic) bond motifs is 1. The van der Waals surface area contributed by atoms with Crippen molar-refractivity contribution in [1.29, 1.82) is 0 Å². The topological polar surface area (TPSA) is 50.4 Å². The summed E-state index contributed by atoms with van der Waals surface area (Å²) in [6, 6.07) is 3.31. The zero-order valence-corrected chi connectivity index (χ0v) is 8.31. The fourth-order valence-electron chi connectivity index (χ4n) is 1.37. The molecule has 0 fully saturated rings. The molecule has 0 saturated heterocycles. The zero-order chi connectivity index (χ0) is 10.1. The lowest BCUT2D eigenvalue weighted by atomic mass is 10.1. The summed E-state index contributed by atoms with van der Waals surface area (Å²) in [5.41, 5.74) is 1.19. The second kappa shape index (κ2) is 3.38. The number of amides is 1. The molecule has 0 atom stereocenters. The molecule has 1 amide bonds. The number of nitrogens with one attached hydrogen (secondary N) is 2. The van der Waals surface area contributed by atoms with E-state index in [1.807, 2.05) is 0 Å². The quantitative estimate of drug-likeness (QED) is 0.741. The molecule has 5 heteroatoms. The molecule has 0 aromatic heterocycles. The molecule has 1 aliphatic heterocycles. The predicted molar refractivity (Wildman–Crippen MR) is 54.0 cm³/mol. The van der Waals surface area contributed by atoms with Crippen molar-refractivity contribution in [1.82, 2.24) is 5.32 Å². The fourth-order valence-corrected chi connectivity index (χ4v) is 1.59. The highest BCUT2D eigenvalue weighted by molar-refractivity contribution is 6.31. The van der Waals surface area contributed by atoms with Crippen LogP contribution in [-0.4, -0.2) is 19.7 Å². The Bertz CT molecular complexity index is 393. The van der Waals surface area contributed by atoms with E-state index in [2.05, 4.69) is 10.6 Å². The van der Waals surface area contributed by atoms with Gasteiger partial charge in [-0.05, 0) is 12.1 Å². The summed E-state index contributed by atoms with van der Waals surface area (Å²) >= 11 is 5.85. The molecular weight excluding hydrogens is 204 g/mol. The van der Waals surface area contributed by atoms with Gasteiger partial charge in [0.25, 0.3) is 5.91 Å². The van der Waals surface area contributed by atoms with E-state index in [0.717, 1.165) is 5.69 Å². The molecule has 0 bridgehead atoms. The molecule has 1 heterocycles. The molecule has 0 spiro atoms. The smallest absolute Gasteiger partial charge is 0.257 e. The third-order valence-corrected chi connectivity index (χ3v) is 2.24. The van der Waals surface area contributed by atoms with Crippen molar-refractivity contribution in [2.75, 3.05) is 19.1 Å². The van der Waals surface area contributed by atoms with Crippen LogP contribution in [0.25, 0.3) is 0 Å². The van der Waals surface area contributed by atoms with E-state index in [0.29, 0.717) is 16.3 Å². The van der Waals surface area contributed by atoms with E-state index < -0.39 is 0 Å². The van der Waals surface area contributed by atoms with Gasteiger partial charge in [0, 0.05) is 12.1 Å². The van der Waals surface area contributed by atoms with Gasteiger partial charge < -0.3 is 15.4 Å². The van der Waals surface area contributed by atoms with E-state index in [-0.39, 0.29) is 12.6 Å². The average Bonchev–Trinajstić information content (AvgIpc) is 2.18. The summed E-state index contributed by atoms with van der Waals surface area (Å²) < 4.78 is 5.32. The van der Waals surface area contributed by atoms with Gasteiger partial charge in [0.2, 0.25) is 0 Å². The molecular formula is C9H9ClN2O2. The first-order chi connectivity index (χ1) is 6.72. The highest BCUT2D eigenvalue weighted by atomic mass is 35.5. The third-order valence-electron chi connectivity index (χ3n) is 2.02. The molecule has 0 saturated carbocycles. The van der Waals surface area contributed by atoms with Crippen LogP contribution in [-0.2, 0) is 0 Å². The molecule has 0 radical (unpaired) electrons. The molecule has 4 nitrogen and oxygen atoms in total. The van der Waals surface area contributed by atoms with Crippen LogP contribution in [0.4, 0.5) is 5.69 Å². The van der Waals surface area contributed by atoms with Gasteiger partial charge >= 0.3 is 0 Å². The van der Waals surface area contributed by atoms with Crippen LogP contribution in [0.1, 0.15) is 10.4 Å². The van der Waals surface area contributed by atoms with Crippen LogP contribution in [0.5, 0.6) is 5.75 Å². The first kappa shape index (κ1) is 9.15. The number of hydrogen-bond acceptors (Lipinski definition) is 3. The summed E-state index contributed by atoms with van der Waals surface area (Å²) in [5, 5.41) is 6.00. The Morgan fingerprint density at radius 1 is 1.57 bits per heavy atom. The van der Waals surface area contributed by atoms with Crippen LogP contribution in [0.2, 0.25) is 5.02 Å². The maximum Gasteiger partial charge on any atom is 0.257 e. The summed E-state index contributed by atoms with van der Waals surface area (Å²) in [6.45, 7) is 0.197. The van der Waals surface area contributed by atoms with Gasteiger partial charge in [0.1, 0.15) is 0 Å². The number of carbonyl (C=O) groups excluding carboxylic acids is 1. The number of ether oxygens (including phenoxy) is 1. The Morgan fingerprint density at radius 2 is 2.36 bits per heavy atom. The number of halogens is 1. The van der Waals surface area contributed by atoms with Crippen LogP contribution in [0.15, 0.2) is 12.1 Å². The van der Waals surface area contributed by atoms with Gasteiger partial charge in [-0.2, -0.15) is 0 Å². The van der Waals surface area contributed by atoms with Crippen molar-refractivity contribution in [2.24, 2.45) is 0 Å². The molecule has 0 aliphatic carbocycles. The molecule has 0 unspecified atom stereocenters. The number of carbonyl (C=O) groups is 1. The first-order valence-electron chi connectivity index (χ1n) is 4.14. The van der Waals surface area contributed by atoms with Gasteiger partial charge in [0.05, 0.1) is 11.3 Å². The van der Waals surface area contributed by atoms with Gasteiger partial charge in [-0.25, -0.2) is 0 Å². The third kappa shape index (κ3) is 1.37. The molecule has 1 aliphatic rings. The largest absolute Gasteiger partial charge is 0.470 e. The highest BCUT2D eigenvalue weighted by Gasteiger charge is 2.21. The molecule has 1 aromatic rings. The van der Waals surface area contributed by atoms with Crippen LogP contribution >= 0.6 is 11.6 Å². The maximum absolute atomic E-state index is 11.4. The van der Waals surface area contributed by atoms with Gasteiger partial charge in [-0.15, -0.1) is 0 Å². The first-order valence-corrected chi connectivity index (χ1v) is 4.52. The number of anilines is 1. The average molecular weight is 213 g/mol. The van der Waals surface area contributed by atoms with Crippen molar-refractivity contribution in [2.45, 2.75) is 0 Å². The summed E-state index contributed by atoms with van der Waals surface area (Å²) in [5.74, 6) is 0.394. The zero-order valence-electron chi connectivity index (χ0n) is 7.56. The van der Waals surface area contributed by atoms with Crippen molar-refractivity contribution in [3.8, 4) is 5.75 Å². The molecule has 14 heavy (non-hydrogen) atoms. The standard InChI is InChI=1S/C9H9ClN2O2/c1-11-7-3-5(10)2-6-8(7)14-4-12-9(6)13/h2-3,11H,4H2,1H3,(H,12,13). The van der Waals surface area contributed by atoms with E-state index in [1.54, 1.807) is 19.2 Å². The van der Waals surface area contributed by atoms with Gasteiger partial charge in [0.15, 0.2) is 12.5 Å². The maximum atomic E-state index is 11.4. The lowest BCUT2D eigenvalue weighted by Gasteiger charge is -2.20. The Kier molecular flexibility index (Phi) is 2.21. The van der Waals surface area contributed by atoms with E-state index in [9.17, 15) is 4.79 Å². The summed E-state index contributed by atoms with van der Waals surface area (Å²) in [4.78, 5) is 11.4. The fraction of sp³-hybridized carbons (Fsp3) is 0.222. The van der Waals surface area contributed by atoms with E-state index in [4.69, 9.17) is 16.3 Å². The monoisotopic (exact) mass is 212 g/mol. The molecule has 1 aromatic carbocycles. The molecule has 2 rings (SSSR count). The van der Waals surface area contributed by atoms with Crippen LogP contribution < -0.4 is 15.4 Å². The van der Waals surface area contributed by atoms with Crippen molar-refractivity contribution in [3.05, 3.63) is 22.7 Å². The summed E-state index contributed by atoms with van der Waals surface area (Å²) in [6.07, 6.45) is 0. The molecule has 74 valence electrons. The van der Waals surface area contributed by atoms with Crippen LogP contribution in [0, 0.1) is 0 Å². The second-order valence-corrected chi connectivity index (χ2v) is 3.31. The second-order valence-electron chi connectivity index (χ2n) is 2.87. The van der Waals surface area contributed by atoms with Crippen LogP contribution in [0.3, 0.4) is 0 Å². The van der Waals surface area contributed by atoms with Crippen molar-refractivity contribution < 1.29 is 9.53 Å². The Morgan fingerprint density at radius 3 is 3.07 bits per heavy atom. The van der Waals surface area contributed by atoms with Crippen molar-refractivity contribution >= 4 is 23.2 Å². The Hall–Kier alpha value is -1.42. The Labute approximate surface area is 86.2 Å². The van der Waals surface area contributed by atoms with Gasteiger partial charge in [-0.1, -0.05) is 11.6 Å². The Balaban J connectivity index is 2.60. The SMILES string of the molecule is CNc1cc(Cl)cc2c1OCNC2=O. The predicted octanol–water partition coefficient (Wildman–Crippen LogP) is 1.46. The molecule has 2 N–H and O–H groups in total. The number of benzene rings is 1. The normalized spacial score (nSPS) is 14.0. The van der Waals surface area contributed by atoms with Crippen molar-refractivity contribution in [3.63, 3.8) is 0 Å². The van der Waals surface area contributed by atoms with E-state index >= 15 is 0 Å². The minimum atomic E-state index is -0.162. The minimum absolute atomic E-state index is 0.162. The minimum Gasteiger partial charge on any atom is -0.470 e.